The van der Waals surface area contributed by atoms with Crippen molar-refractivity contribution in [3.8, 4) is 0 Å². The van der Waals surface area contributed by atoms with Crippen LogP contribution in [0.1, 0.15) is 21.5 Å². The lowest BCUT2D eigenvalue weighted by atomic mass is 10.1. The standard InChI is InChI=1S/C23H21FN2O2S/c1-16-5-11-21(12-6-16)29-15-22(27)25-14-17-3-2-4-20(13-17)26-23(28)18-7-9-19(24)10-8-18/h2-13H,14-15H2,1H3,(H,25,27)(H,26,28). The van der Waals surface area contributed by atoms with Gasteiger partial charge in [0.05, 0.1) is 5.75 Å². The minimum absolute atomic E-state index is 0.0590. The van der Waals surface area contributed by atoms with E-state index in [2.05, 4.69) is 10.6 Å². The van der Waals surface area contributed by atoms with E-state index in [0.29, 0.717) is 23.5 Å². The van der Waals surface area contributed by atoms with E-state index in [1.807, 2.05) is 43.3 Å². The number of anilines is 1. The summed E-state index contributed by atoms with van der Waals surface area (Å²) >= 11 is 1.49. The lowest BCUT2D eigenvalue weighted by Crippen LogP contribution is -2.24. The average Bonchev–Trinajstić information content (AvgIpc) is 2.72. The van der Waals surface area contributed by atoms with Gasteiger partial charge in [0, 0.05) is 22.7 Å². The van der Waals surface area contributed by atoms with Crippen molar-refractivity contribution in [3.05, 3.63) is 95.3 Å². The number of hydrogen-bond donors (Lipinski definition) is 2. The molecule has 3 rings (SSSR count). The Morgan fingerprint density at radius 3 is 2.41 bits per heavy atom. The fourth-order valence-corrected chi connectivity index (χ4v) is 3.33. The van der Waals surface area contributed by atoms with Crippen LogP contribution in [0.15, 0.2) is 77.7 Å². The number of rotatable bonds is 7. The van der Waals surface area contributed by atoms with Gasteiger partial charge in [0.25, 0.3) is 5.91 Å². The van der Waals surface area contributed by atoms with Gasteiger partial charge in [-0.1, -0.05) is 29.8 Å². The van der Waals surface area contributed by atoms with Crippen molar-refractivity contribution in [2.45, 2.75) is 18.4 Å². The topological polar surface area (TPSA) is 58.2 Å². The molecule has 0 spiro atoms. The first-order chi connectivity index (χ1) is 14.0. The SMILES string of the molecule is Cc1ccc(SCC(=O)NCc2cccc(NC(=O)c3ccc(F)cc3)c2)cc1. The molecule has 2 amide bonds. The highest BCUT2D eigenvalue weighted by molar-refractivity contribution is 8.00. The Labute approximate surface area is 173 Å². The molecule has 0 bridgehead atoms. The molecule has 0 saturated heterocycles. The Bertz CT molecular complexity index is 989. The van der Waals surface area contributed by atoms with Crippen LogP contribution < -0.4 is 10.6 Å². The summed E-state index contributed by atoms with van der Waals surface area (Å²) in [6.45, 7) is 2.39. The van der Waals surface area contributed by atoms with E-state index >= 15 is 0 Å². The highest BCUT2D eigenvalue weighted by atomic mass is 32.2. The number of benzene rings is 3. The quantitative estimate of drug-likeness (QED) is 0.553. The lowest BCUT2D eigenvalue weighted by molar-refractivity contribution is -0.118. The van der Waals surface area contributed by atoms with Crippen LogP contribution in [0.2, 0.25) is 0 Å². The summed E-state index contributed by atoms with van der Waals surface area (Å²) in [7, 11) is 0. The monoisotopic (exact) mass is 408 g/mol. The van der Waals surface area contributed by atoms with Crippen molar-refractivity contribution in [2.24, 2.45) is 0 Å². The van der Waals surface area contributed by atoms with Gasteiger partial charge in [0.2, 0.25) is 5.91 Å². The molecule has 148 valence electrons. The average molecular weight is 408 g/mol. The molecule has 4 nitrogen and oxygen atoms in total. The van der Waals surface area contributed by atoms with Crippen LogP contribution in [0.25, 0.3) is 0 Å². The normalized spacial score (nSPS) is 10.4. The van der Waals surface area contributed by atoms with Crippen LogP contribution in [-0.4, -0.2) is 17.6 Å². The first-order valence-corrected chi connectivity index (χ1v) is 10.1. The lowest BCUT2D eigenvalue weighted by Gasteiger charge is -2.09. The highest BCUT2D eigenvalue weighted by Crippen LogP contribution is 2.18. The molecule has 0 unspecified atom stereocenters. The Kier molecular flexibility index (Phi) is 7.03. The van der Waals surface area contributed by atoms with Gasteiger partial charge in [-0.25, -0.2) is 4.39 Å². The van der Waals surface area contributed by atoms with Crippen LogP contribution in [0.5, 0.6) is 0 Å². The van der Waals surface area contributed by atoms with Gasteiger partial charge < -0.3 is 10.6 Å². The van der Waals surface area contributed by atoms with Crippen molar-refractivity contribution < 1.29 is 14.0 Å². The Morgan fingerprint density at radius 2 is 1.69 bits per heavy atom. The number of carbonyl (C=O) groups excluding carboxylic acids is 2. The maximum atomic E-state index is 13.0. The number of amides is 2. The van der Waals surface area contributed by atoms with Crippen LogP contribution >= 0.6 is 11.8 Å². The van der Waals surface area contributed by atoms with Crippen LogP contribution in [0.3, 0.4) is 0 Å². The van der Waals surface area contributed by atoms with Gasteiger partial charge in [0.1, 0.15) is 5.82 Å². The Hall–Kier alpha value is -3.12. The summed E-state index contributed by atoms with van der Waals surface area (Å²) in [5.41, 5.74) is 3.04. The fraction of sp³-hybridized carbons (Fsp3) is 0.130. The number of aryl methyl sites for hydroxylation is 1. The minimum Gasteiger partial charge on any atom is -0.351 e. The minimum atomic E-state index is -0.389. The third-order valence-electron chi connectivity index (χ3n) is 4.17. The molecule has 2 N–H and O–H groups in total. The van der Waals surface area contributed by atoms with Gasteiger partial charge in [-0.05, 0) is 61.0 Å². The van der Waals surface area contributed by atoms with Gasteiger partial charge >= 0.3 is 0 Å². The van der Waals surface area contributed by atoms with Crippen molar-refractivity contribution in [3.63, 3.8) is 0 Å². The number of thioether (sulfide) groups is 1. The summed E-state index contributed by atoms with van der Waals surface area (Å²) in [4.78, 5) is 25.4. The maximum Gasteiger partial charge on any atom is 0.255 e. The molecule has 0 aromatic heterocycles. The summed E-state index contributed by atoms with van der Waals surface area (Å²) < 4.78 is 13.0. The molecule has 29 heavy (non-hydrogen) atoms. The van der Waals surface area contributed by atoms with Gasteiger partial charge in [-0.15, -0.1) is 11.8 Å². The summed E-state index contributed by atoms with van der Waals surface area (Å²) in [5, 5.41) is 5.66. The van der Waals surface area contributed by atoms with Crippen molar-refractivity contribution >= 4 is 29.3 Å². The van der Waals surface area contributed by atoms with E-state index in [0.717, 1.165) is 10.5 Å². The second kappa shape index (κ2) is 9.89. The zero-order valence-electron chi connectivity index (χ0n) is 15.9. The molecule has 0 radical (unpaired) electrons. The van der Waals surface area contributed by atoms with Crippen LogP contribution in [-0.2, 0) is 11.3 Å². The third-order valence-corrected chi connectivity index (χ3v) is 5.18. The second-order valence-electron chi connectivity index (χ2n) is 6.54. The highest BCUT2D eigenvalue weighted by Gasteiger charge is 2.07. The molecule has 0 heterocycles. The zero-order chi connectivity index (χ0) is 20.6. The predicted molar refractivity (Wildman–Crippen MR) is 115 cm³/mol. The smallest absolute Gasteiger partial charge is 0.255 e. The summed E-state index contributed by atoms with van der Waals surface area (Å²) in [6.07, 6.45) is 0. The second-order valence-corrected chi connectivity index (χ2v) is 7.59. The van der Waals surface area contributed by atoms with E-state index in [-0.39, 0.29) is 17.6 Å². The molecular weight excluding hydrogens is 387 g/mol. The van der Waals surface area contributed by atoms with Crippen molar-refractivity contribution in [2.75, 3.05) is 11.1 Å². The van der Waals surface area contributed by atoms with Crippen LogP contribution in [0, 0.1) is 12.7 Å². The molecule has 0 atom stereocenters. The molecule has 0 aliphatic carbocycles. The van der Waals surface area contributed by atoms with E-state index in [1.54, 1.807) is 12.1 Å². The molecule has 6 heteroatoms. The molecular formula is C23H21FN2O2S. The molecule has 0 aliphatic heterocycles. The van der Waals surface area contributed by atoms with Crippen LogP contribution in [0.4, 0.5) is 10.1 Å². The summed E-state index contributed by atoms with van der Waals surface area (Å²) in [5.74, 6) is -0.429. The largest absolute Gasteiger partial charge is 0.351 e. The first kappa shape index (κ1) is 20.6. The Balaban J connectivity index is 1.50. The molecule has 3 aromatic carbocycles. The fourth-order valence-electron chi connectivity index (χ4n) is 2.60. The molecule has 0 aliphatic rings. The molecule has 0 fully saturated rings. The van der Waals surface area contributed by atoms with E-state index < -0.39 is 0 Å². The number of nitrogens with one attached hydrogen (secondary N) is 2. The number of hydrogen-bond acceptors (Lipinski definition) is 3. The van der Waals surface area contributed by atoms with Gasteiger partial charge in [-0.3, -0.25) is 9.59 Å². The molecule has 3 aromatic rings. The van der Waals surface area contributed by atoms with Gasteiger partial charge in [0.15, 0.2) is 0 Å². The van der Waals surface area contributed by atoms with E-state index in [1.165, 1.54) is 41.6 Å². The molecule has 0 saturated carbocycles. The summed E-state index contributed by atoms with van der Waals surface area (Å²) in [6, 6.07) is 20.6. The maximum absolute atomic E-state index is 13.0. The van der Waals surface area contributed by atoms with Gasteiger partial charge in [-0.2, -0.15) is 0 Å². The third kappa shape index (κ3) is 6.47. The van der Waals surface area contributed by atoms with E-state index in [4.69, 9.17) is 0 Å². The first-order valence-electron chi connectivity index (χ1n) is 9.11. The number of halogens is 1. The predicted octanol–water partition coefficient (Wildman–Crippen LogP) is 4.79. The Morgan fingerprint density at radius 1 is 0.966 bits per heavy atom. The zero-order valence-corrected chi connectivity index (χ0v) is 16.8. The van der Waals surface area contributed by atoms with E-state index in [9.17, 15) is 14.0 Å². The number of carbonyl (C=O) groups is 2. The van der Waals surface area contributed by atoms with Crippen molar-refractivity contribution in [1.82, 2.24) is 5.32 Å². The van der Waals surface area contributed by atoms with Crippen molar-refractivity contribution in [1.29, 1.82) is 0 Å².